The van der Waals surface area contributed by atoms with E-state index in [2.05, 4.69) is 34.9 Å². The van der Waals surface area contributed by atoms with Gasteiger partial charge in [-0.3, -0.25) is 9.59 Å². The first-order valence-electron chi connectivity index (χ1n) is 10.7. The van der Waals surface area contributed by atoms with Crippen molar-refractivity contribution in [2.45, 2.75) is 24.9 Å². The molecule has 8 nitrogen and oxygen atoms in total. The molecule has 32 heavy (non-hydrogen) atoms. The van der Waals surface area contributed by atoms with Crippen molar-refractivity contribution < 1.29 is 29.0 Å². The maximum absolute atomic E-state index is 12.1. The first kappa shape index (κ1) is 21.8. The van der Waals surface area contributed by atoms with E-state index in [0.717, 1.165) is 22.3 Å². The molecule has 1 heterocycles. The van der Waals surface area contributed by atoms with Crippen LogP contribution < -0.4 is 10.6 Å². The van der Waals surface area contributed by atoms with Crippen LogP contribution in [0.25, 0.3) is 11.1 Å². The van der Waals surface area contributed by atoms with E-state index < -0.39 is 18.0 Å². The molecule has 2 atom stereocenters. The van der Waals surface area contributed by atoms with E-state index in [1.54, 1.807) is 0 Å². The van der Waals surface area contributed by atoms with Gasteiger partial charge in [0.05, 0.1) is 18.6 Å². The van der Waals surface area contributed by atoms with Crippen molar-refractivity contribution in [3.05, 3.63) is 59.7 Å². The minimum atomic E-state index is -0.883. The maximum Gasteiger partial charge on any atom is 0.407 e. The van der Waals surface area contributed by atoms with Gasteiger partial charge in [0.15, 0.2) is 0 Å². The molecule has 2 aromatic carbocycles. The summed E-state index contributed by atoms with van der Waals surface area (Å²) in [6, 6.07) is 16.2. The Morgan fingerprint density at radius 1 is 1.00 bits per heavy atom. The molecule has 2 unspecified atom stereocenters. The summed E-state index contributed by atoms with van der Waals surface area (Å²) in [5, 5.41) is 14.3. The zero-order valence-corrected chi connectivity index (χ0v) is 17.6. The second-order valence-corrected chi connectivity index (χ2v) is 8.03. The number of carbonyl (C=O) groups excluding carboxylic acids is 2. The van der Waals surface area contributed by atoms with Crippen molar-refractivity contribution in [3.63, 3.8) is 0 Å². The summed E-state index contributed by atoms with van der Waals surface area (Å²) < 4.78 is 10.8. The van der Waals surface area contributed by atoms with E-state index in [9.17, 15) is 14.4 Å². The van der Waals surface area contributed by atoms with Crippen LogP contribution in [0, 0.1) is 5.92 Å². The first-order chi connectivity index (χ1) is 15.5. The van der Waals surface area contributed by atoms with Crippen LogP contribution in [-0.4, -0.2) is 55.5 Å². The summed E-state index contributed by atoms with van der Waals surface area (Å²) in [4.78, 5) is 35.0. The first-order valence-corrected chi connectivity index (χ1v) is 10.7. The van der Waals surface area contributed by atoms with Gasteiger partial charge in [0, 0.05) is 25.4 Å². The Bertz CT molecular complexity index is 962. The topological polar surface area (TPSA) is 114 Å². The Kier molecular flexibility index (Phi) is 6.70. The number of nitrogens with one attached hydrogen (secondary N) is 2. The third-order valence-corrected chi connectivity index (χ3v) is 5.92. The van der Waals surface area contributed by atoms with Gasteiger partial charge in [0.25, 0.3) is 0 Å². The van der Waals surface area contributed by atoms with Crippen molar-refractivity contribution in [2.24, 2.45) is 5.92 Å². The Labute approximate surface area is 185 Å². The summed E-state index contributed by atoms with van der Waals surface area (Å²) in [6.07, 6.45) is -0.384. The Hall–Kier alpha value is -3.39. The summed E-state index contributed by atoms with van der Waals surface area (Å²) in [5.74, 6) is -1.66. The molecule has 1 aliphatic heterocycles. The molecule has 8 heteroatoms. The lowest BCUT2D eigenvalue weighted by Gasteiger charge is -2.15. The molecule has 0 saturated carbocycles. The summed E-state index contributed by atoms with van der Waals surface area (Å²) >= 11 is 0. The van der Waals surface area contributed by atoms with E-state index in [1.165, 1.54) is 0 Å². The predicted molar refractivity (Wildman–Crippen MR) is 116 cm³/mol. The molecule has 1 aliphatic carbocycles. The molecule has 4 rings (SSSR count). The minimum Gasteiger partial charge on any atom is -0.481 e. The molecule has 3 N–H and O–H groups in total. The highest BCUT2D eigenvalue weighted by atomic mass is 16.5. The zero-order chi connectivity index (χ0) is 22.5. The predicted octanol–water partition coefficient (Wildman–Crippen LogP) is 2.52. The van der Waals surface area contributed by atoms with Crippen LogP contribution >= 0.6 is 0 Å². The lowest BCUT2D eigenvalue weighted by molar-refractivity contribution is -0.141. The molecular weight excluding hydrogens is 412 g/mol. The molecule has 168 valence electrons. The number of carboxylic acids is 1. The van der Waals surface area contributed by atoms with E-state index in [1.807, 2.05) is 24.3 Å². The second kappa shape index (κ2) is 9.82. The van der Waals surface area contributed by atoms with Gasteiger partial charge in [0.1, 0.15) is 6.61 Å². The van der Waals surface area contributed by atoms with E-state index in [4.69, 9.17) is 14.6 Å². The summed E-state index contributed by atoms with van der Waals surface area (Å²) in [5.41, 5.74) is 4.60. The highest BCUT2D eigenvalue weighted by Crippen LogP contribution is 2.44. The standard InChI is InChI=1S/C24H26N2O6/c27-22(26-12-16-11-15(13-31-16)23(28)29)9-10-25-24(30)32-14-21-19-7-3-1-5-17(19)18-6-2-4-8-20(18)21/h1-8,15-16,21H,9-14H2,(H,25,30)(H,26,27)(H,28,29). The molecule has 1 saturated heterocycles. The smallest absolute Gasteiger partial charge is 0.407 e. The largest absolute Gasteiger partial charge is 0.481 e. The molecule has 0 bridgehead atoms. The molecule has 2 aliphatic rings. The number of benzene rings is 2. The molecule has 2 amide bonds. The van der Waals surface area contributed by atoms with Crippen LogP contribution in [-0.2, 0) is 19.1 Å². The molecule has 0 radical (unpaired) electrons. The molecule has 0 aromatic heterocycles. The number of hydrogen-bond acceptors (Lipinski definition) is 5. The number of carbonyl (C=O) groups is 3. The van der Waals surface area contributed by atoms with Crippen LogP contribution in [0.3, 0.4) is 0 Å². The van der Waals surface area contributed by atoms with Crippen molar-refractivity contribution in [1.29, 1.82) is 0 Å². The average Bonchev–Trinajstić information content (AvgIpc) is 3.40. The van der Waals surface area contributed by atoms with Crippen LogP contribution in [0.15, 0.2) is 48.5 Å². The molecule has 1 fully saturated rings. The number of ether oxygens (including phenoxy) is 2. The van der Waals surface area contributed by atoms with Gasteiger partial charge >= 0.3 is 12.1 Å². The quantitative estimate of drug-likeness (QED) is 0.584. The highest BCUT2D eigenvalue weighted by molar-refractivity contribution is 5.79. The highest BCUT2D eigenvalue weighted by Gasteiger charge is 2.31. The van der Waals surface area contributed by atoms with E-state index in [-0.39, 0.29) is 50.7 Å². The average molecular weight is 438 g/mol. The Morgan fingerprint density at radius 3 is 2.28 bits per heavy atom. The fourth-order valence-electron chi connectivity index (χ4n) is 4.26. The van der Waals surface area contributed by atoms with Gasteiger partial charge in [-0.15, -0.1) is 0 Å². The number of hydrogen-bond donors (Lipinski definition) is 3. The summed E-state index contributed by atoms with van der Waals surface area (Å²) in [6.45, 7) is 0.786. The number of aliphatic carboxylic acids is 1. The lowest BCUT2D eigenvalue weighted by Crippen LogP contribution is -2.35. The normalized spacial score (nSPS) is 19.1. The van der Waals surface area contributed by atoms with Gasteiger partial charge in [0.2, 0.25) is 5.91 Å². The minimum absolute atomic E-state index is 0.0162. The number of alkyl carbamates (subject to hydrolysis) is 1. The molecule has 0 spiro atoms. The number of fused-ring (bicyclic) bond motifs is 3. The van der Waals surface area contributed by atoms with Crippen molar-refractivity contribution >= 4 is 18.0 Å². The van der Waals surface area contributed by atoms with Gasteiger partial charge in [-0.1, -0.05) is 48.5 Å². The van der Waals surface area contributed by atoms with Crippen molar-refractivity contribution in [1.82, 2.24) is 10.6 Å². The Balaban J connectivity index is 1.18. The second-order valence-electron chi connectivity index (χ2n) is 8.03. The van der Waals surface area contributed by atoms with Crippen LogP contribution in [0.1, 0.15) is 29.9 Å². The van der Waals surface area contributed by atoms with Gasteiger partial charge in [-0.2, -0.15) is 0 Å². The fraction of sp³-hybridized carbons (Fsp3) is 0.375. The third-order valence-electron chi connectivity index (χ3n) is 5.92. The fourth-order valence-corrected chi connectivity index (χ4v) is 4.26. The van der Waals surface area contributed by atoms with Crippen molar-refractivity contribution in [3.8, 4) is 11.1 Å². The SMILES string of the molecule is O=C(CCNC(=O)OCC1c2ccccc2-c2ccccc21)NCC1CC(C(=O)O)CO1. The summed E-state index contributed by atoms with van der Waals surface area (Å²) in [7, 11) is 0. The van der Waals surface area contributed by atoms with Gasteiger partial charge in [-0.25, -0.2) is 4.79 Å². The third kappa shape index (κ3) is 4.91. The molecular formula is C24H26N2O6. The van der Waals surface area contributed by atoms with Crippen LogP contribution in [0.2, 0.25) is 0 Å². The Morgan fingerprint density at radius 2 is 1.66 bits per heavy atom. The van der Waals surface area contributed by atoms with Crippen molar-refractivity contribution in [2.75, 3.05) is 26.3 Å². The monoisotopic (exact) mass is 438 g/mol. The molecule has 2 aromatic rings. The lowest BCUT2D eigenvalue weighted by atomic mass is 9.98. The van der Waals surface area contributed by atoms with Gasteiger partial charge < -0.3 is 25.2 Å². The number of rotatable bonds is 8. The maximum atomic E-state index is 12.1. The van der Waals surface area contributed by atoms with E-state index in [0.29, 0.717) is 6.42 Å². The zero-order valence-electron chi connectivity index (χ0n) is 17.6. The van der Waals surface area contributed by atoms with Crippen LogP contribution in [0.5, 0.6) is 0 Å². The number of carboxylic acid groups (broad SMARTS) is 1. The van der Waals surface area contributed by atoms with Crippen LogP contribution in [0.4, 0.5) is 4.79 Å². The van der Waals surface area contributed by atoms with Gasteiger partial charge in [-0.05, 0) is 28.7 Å². The van der Waals surface area contributed by atoms with E-state index >= 15 is 0 Å². The number of amides is 2.